The van der Waals surface area contributed by atoms with Gasteiger partial charge in [-0.1, -0.05) is 0 Å². The summed E-state index contributed by atoms with van der Waals surface area (Å²) < 4.78 is 55.1. The highest BCUT2D eigenvalue weighted by atomic mass is 31.2. The zero-order chi connectivity index (χ0) is 28.0. The zero-order valence-electron chi connectivity index (χ0n) is 21.9. The van der Waals surface area contributed by atoms with Crippen molar-refractivity contribution in [1.82, 2.24) is 5.32 Å². The van der Waals surface area contributed by atoms with E-state index >= 15 is 0 Å². The third-order valence-corrected chi connectivity index (χ3v) is 10.8. The van der Waals surface area contributed by atoms with Crippen LogP contribution in [0.5, 0.6) is 0 Å². The number of cyclic esters (lactones) is 1. The van der Waals surface area contributed by atoms with E-state index in [9.17, 15) is 33.7 Å². The molecule has 210 valence electrons. The second-order valence-corrected chi connectivity index (χ2v) is 14.1. The number of hydrogen-bond acceptors (Lipinski definition) is 12. The predicted octanol–water partition coefficient (Wildman–Crippen LogP) is 2.12. The van der Waals surface area contributed by atoms with E-state index in [0.717, 1.165) is 0 Å². The van der Waals surface area contributed by atoms with Crippen molar-refractivity contribution in [2.75, 3.05) is 6.54 Å². The highest BCUT2D eigenvalue weighted by Crippen LogP contribution is 2.72. The zero-order valence-corrected chi connectivity index (χ0v) is 23.7. The van der Waals surface area contributed by atoms with Gasteiger partial charge < -0.3 is 38.4 Å². The highest BCUT2D eigenvalue weighted by Gasteiger charge is 2.54. The number of carbonyl (C=O) groups is 3. The first-order valence-electron chi connectivity index (χ1n) is 11.7. The number of hydrogen-bond donors (Lipinski definition) is 3. The molecule has 1 aliphatic rings. The summed E-state index contributed by atoms with van der Waals surface area (Å²) in [6, 6.07) is 0. The minimum atomic E-state index is -4.32. The Hall–Kier alpha value is -1.17. The molecule has 1 fully saturated rings. The van der Waals surface area contributed by atoms with Gasteiger partial charge >= 0.3 is 21.2 Å². The molecule has 1 aliphatic heterocycles. The normalized spacial score (nSPS) is 20.2. The average Bonchev–Trinajstić information content (AvgIpc) is 2.94. The van der Waals surface area contributed by atoms with Gasteiger partial charge in [0.2, 0.25) is 17.8 Å². The maximum Gasteiger partial charge on any atom is 0.346 e. The smallest absolute Gasteiger partial charge is 0.346 e. The summed E-state index contributed by atoms with van der Waals surface area (Å²) in [7, 11) is -8.63. The van der Waals surface area contributed by atoms with Gasteiger partial charge in [-0.05, 0) is 55.4 Å². The number of Topliss-reactive ketones (excluding diaryl/α,β-unsaturated/α-hetero) is 1. The maximum atomic E-state index is 14.0. The van der Waals surface area contributed by atoms with E-state index in [-0.39, 0.29) is 0 Å². The Morgan fingerprint density at radius 1 is 0.889 bits per heavy atom. The molecule has 1 unspecified atom stereocenters. The molecule has 0 saturated carbocycles. The lowest BCUT2D eigenvalue weighted by Crippen LogP contribution is -2.43. The van der Waals surface area contributed by atoms with Crippen LogP contribution in [0.3, 0.4) is 0 Å². The van der Waals surface area contributed by atoms with E-state index in [0.29, 0.717) is 0 Å². The molecule has 0 aromatic rings. The Labute approximate surface area is 211 Å². The van der Waals surface area contributed by atoms with Crippen molar-refractivity contribution in [3.05, 3.63) is 0 Å². The van der Waals surface area contributed by atoms with E-state index in [1.54, 1.807) is 55.4 Å². The molecule has 0 radical (unpaired) electrons. The van der Waals surface area contributed by atoms with Crippen LogP contribution in [0, 0.1) is 0 Å². The van der Waals surface area contributed by atoms with Crippen molar-refractivity contribution in [2.24, 2.45) is 0 Å². The molecule has 0 spiro atoms. The molecule has 0 aliphatic carbocycles. The SMILES string of the molecule is CC(C)OP(=O)(OC(C)C)C(CC(=O)NC[C@H](O)[C@H]1OC(=O)C(O)C1=O)P(=O)(OC(C)C)OC(C)C. The second kappa shape index (κ2) is 13.6. The van der Waals surface area contributed by atoms with E-state index in [4.69, 9.17) is 18.1 Å². The van der Waals surface area contributed by atoms with Crippen LogP contribution in [-0.2, 0) is 46.3 Å². The number of ether oxygens (including phenoxy) is 1. The van der Waals surface area contributed by atoms with Crippen LogP contribution in [0.4, 0.5) is 0 Å². The lowest BCUT2D eigenvalue weighted by molar-refractivity contribution is -0.150. The van der Waals surface area contributed by atoms with Crippen molar-refractivity contribution >= 4 is 32.9 Å². The van der Waals surface area contributed by atoms with Crippen LogP contribution in [0.2, 0.25) is 0 Å². The number of amides is 1. The van der Waals surface area contributed by atoms with Gasteiger partial charge in [-0.25, -0.2) is 4.79 Å². The fourth-order valence-corrected chi connectivity index (χ4v) is 9.08. The molecule has 13 nitrogen and oxygen atoms in total. The molecule has 1 rings (SSSR count). The first-order valence-corrected chi connectivity index (χ1v) is 14.9. The van der Waals surface area contributed by atoms with Gasteiger partial charge in [0.25, 0.3) is 0 Å². The van der Waals surface area contributed by atoms with Gasteiger partial charge in [0, 0.05) is 6.54 Å². The Morgan fingerprint density at radius 2 is 1.28 bits per heavy atom. The van der Waals surface area contributed by atoms with Crippen molar-refractivity contribution in [2.45, 2.75) is 110 Å². The molecule has 0 aromatic carbocycles. The summed E-state index contributed by atoms with van der Waals surface area (Å²) in [5.74, 6) is -3.10. The van der Waals surface area contributed by atoms with E-state index in [2.05, 4.69) is 10.1 Å². The summed E-state index contributed by atoms with van der Waals surface area (Å²) in [4.78, 5) is 36.1. The third-order valence-electron chi connectivity index (χ3n) is 4.40. The molecule has 1 heterocycles. The van der Waals surface area contributed by atoms with Crippen molar-refractivity contribution < 1.29 is 56.6 Å². The Balaban J connectivity index is 3.26. The molecule has 3 N–H and O–H groups in total. The highest BCUT2D eigenvalue weighted by molar-refractivity contribution is 7.72. The number of nitrogens with one attached hydrogen (secondary N) is 1. The van der Waals surface area contributed by atoms with Gasteiger partial charge in [0.15, 0.2) is 11.5 Å². The molecule has 1 saturated heterocycles. The second-order valence-electron chi connectivity index (χ2n) is 9.41. The van der Waals surface area contributed by atoms with E-state index in [1.165, 1.54) is 0 Å². The van der Waals surface area contributed by atoms with E-state index < -0.39 is 93.9 Å². The summed E-state index contributed by atoms with van der Waals surface area (Å²) in [5.41, 5.74) is 0. The quantitative estimate of drug-likeness (QED) is 0.151. The van der Waals surface area contributed by atoms with E-state index in [1.807, 2.05) is 0 Å². The summed E-state index contributed by atoms with van der Waals surface area (Å²) in [5, 5.41) is 20.3. The van der Waals surface area contributed by atoms with Crippen LogP contribution in [0.1, 0.15) is 61.8 Å². The summed E-state index contributed by atoms with van der Waals surface area (Å²) in [6.45, 7) is 12.2. The minimum Gasteiger partial charge on any atom is -0.449 e. The Kier molecular flexibility index (Phi) is 12.4. The molecule has 0 aromatic heterocycles. The van der Waals surface area contributed by atoms with Gasteiger partial charge in [0.1, 0.15) is 6.10 Å². The predicted molar refractivity (Wildman–Crippen MR) is 128 cm³/mol. The molecular formula is C21H39NO12P2. The Bertz CT molecular complexity index is 809. The lowest BCUT2D eigenvalue weighted by atomic mass is 10.1. The molecule has 15 heteroatoms. The number of aliphatic hydroxyl groups is 2. The Morgan fingerprint density at radius 3 is 1.58 bits per heavy atom. The fourth-order valence-electron chi connectivity index (χ4n) is 3.25. The maximum absolute atomic E-state index is 14.0. The van der Waals surface area contributed by atoms with Gasteiger partial charge in [-0.15, -0.1) is 0 Å². The number of aliphatic hydroxyl groups excluding tert-OH is 2. The first kappa shape index (κ1) is 32.9. The first-order chi connectivity index (χ1) is 16.4. The average molecular weight is 559 g/mol. The van der Waals surface area contributed by atoms with Crippen LogP contribution in [0.15, 0.2) is 0 Å². The fraction of sp³-hybridized carbons (Fsp3) is 0.857. The topological polar surface area (TPSA) is 184 Å². The number of esters is 1. The molecule has 1 amide bonds. The van der Waals surface area contributed by atoms with Crippen molar-refractivity contribution in [1.29, 1.82) is 0 Å². The van der Waals surface area contributed by atoms with Gasteiger partial charge in [-0.3, -0.25) is 18.7 Å². The monoisotopic (exact) mass is 559 g/mol. The standard InChI is InChI=1S/C21H39NO12P2/c1-11(2)31-35(28,32-12(3)4)17(36(29,33-13(5)6)34-14(7)8)9-16(24)22-10-15(23)20-18(25)19(26)21(27)30-20/h11-15,17,19-20,23,26H,9-10H2,1-8H3,(H,22,24)/t15-,19?,20+/m0/s1. The molecule has 3 atom stereocenters. The van der Waals surface area contributed by atoms with Crippen LogP contribution >= 0.6 is 15.2 Å². The number of rotatable bonds is 15. The van der Waals surface area contributed by atoms with Gasteiger partial charge in [0.05, 0.1) is 30.8 Å². The van der Waals surface area contributed by atoms with Crippen LogP contribution in [0.25, 0.3) is 0 Å². The summed E-state index contributed by atoms with van der Waals surface area (Å²) >= 11 is 0. The van der Waals surface area contributed by atoms with Crippen molar-refractivity contribution in [3.8, 4) is 0 Å². The largest absolute Gasteiger partial charge is 0.449 e. The number of carbonyl (C=O) groups excluding carboxylic acids is 3. The number of ketones is 1. The summed E-state index contributed by atoms with van der Waals surface area (Å²) in [6.07, 6.45) is -8.59. The van der Waals surface area contributed by atoms with Crippen molar-refractivity contribution in [3.63, 3.8) is 0 Å². The third kappa shape index (κ3) is 9.29. The molecule has 36 heavy (non-hydrogen) atoms. The van der Waals surface area contributed by atoms with Crippen LogP contribution in [-0.4, -0.2) is 82.5 Å². The minimum absolute atomic E-state index is 0.567. The van der Waals surface area contributed by atoms with Crippen LogP contribution < -0.4 is 5.32 Å². The van der Waals surface area contributed by atoms with Gasteiger partial charge in [-0.2, -0.15) is 0 Å². The molecular weight excluding hydrogens is 520 g/mol. The molecule has 0 bridgehead atoms. The lowest BCUT2D eigenvalue weighted by Gasteiger charge is -2.35.